The van der Waals surface area contributed by atoms with Crippen LogP contribution in [0.25, 0.3) is 11.3 Å². The average molecular weight is 333 g/mol. The number of phenols is 1. The number of aromatic hydroxyl groups is 1. The molecule has 23 heavy (non-hydrogen) atoms. The summed E-state index contributed by atoms with van der Waals surface area (Å²) >= 11 is 5.88. The number of nitrogens with zero attached hydrogens (tertiary/aromatic N) is 3. The number of halogens is 1. The van der Waals surface area contributed by atoms with Gasteiger partial charge in [0.25, 0.3) is 0 Å². The fourth-order valence-electron chi connectivity index (χ4n) is 3.02. The molecule has 0 bridgehead atoms. The summed E-state index contributed by atoms with van der Waals surface area (Å²) in [4.78, 5) is 2.32. The summed E-state index contributed by atoms with van der Waals surface area (Å²) in [6, 6.07) is 7.39. The van der Waals surface area contributed by atoms with Gasteiger partial charge in [-0.25, -0.2) is 0 Å². The van der Waals surface area contributed by atoms with Crippen LogP contribution in [-0.4, -0.2) is 46.4 Å². The molecule has 1 aromatic carbocycles. The van der Waals surface area contributed by atoms with Gasteiger partial charge in [0.1, 0.15) is 11.6 Å². The fourth-order valence-corrected chi connectivity index (χ4v) is 3.19. The average Bonchev–Trinajstić information content (AvgIpc) is 2.48. The van der Waals surface area contributed by atoms with E-state index in [1.165, 1.54) is 12.5 Å². The topological polar surface area (TPSA) is 61.3 Å². The van der Waals surface area contributed by atoms with Gasteiger partial charge in [0.2, 0.25) is 0 Å². The van der Waals surface area contributed by atoms with Crippen LogP contribution in [0.2, 0.25) is 5.02 Å². The molecule has 122 valence electrons. The molecule has 1 saturated heterocycles. The van der Waals surface area contributed by atoms with Crippen LogP contribution in [0.3, 0.4) is 0 Å². The molecule has 2 N–H and O–H groups in total. The minimum Gasteiger partial charge on any atom is -0.507 e. The molecule has 3 rings (SSSR count). The Labute approximate surface area is 141 Å². The summed E-state index contributed by atoms with van der Waals surface area (Å²) < 4.78 is 0. The smallest absolute Gasteiger partial charge is 0.149 e. The third-order valence-corrected chi connectivity index (χ3v) is 4.41. The molecular formula is C17H21ClN4O. The van der Waals surface area contributed by atoms with Gasteiger partial charge >= 0.3 is 0 Å². The first-order chi connectivity index (χ1) is 11.0. The summed E-state index contributed by atoms with van der Waals surface area (Å²) in [6.45, 7) is 4.13. The third-order valence-electron chi connectivity index (χ3n) is 4.18. The maximum Gasteiger partial charge on any atom is 0.149 e. The number of nitrogens with one attached hydrogen (secondary N) is 1. The Hall–Kier alpha value is -1.85. The monoisotopic (exact) mass is 332 g/mol. The van der Waals surface area contributed by atoms with Crippen molar-refractivity contribution in [1.29, 1.82) is 0 Å². The van der Waals surface area contributed by atoms with Gasteiger partial charge in [-0.3, -0.25) is 0 Å². The molecule has 0 radical (unpaired) electrons. The Balaban J connectivity index is 1.80. The summed E-state index contributed by atoms with van der Waals surface area (Å²) in [6.07, 6.45) is 2.34. The number of hydrogen-bond acceptors (Lipinski definition) is 5. The molecule has 1 aromatic heterocycles. The van der Waals surface area contributed by atoms with Crippen LogP contribution in [0, 0.1) is 6.92 Å². The molecule has 2 aromatic rings. The van der Waals surface area contributed by atoms with Crippen LogP contribution >= 0.6 is 11.6 Å². The van der Waals surface area contributed by atoms with Gasteiger partial charge in [0, 0.05) is 23.2 Å². The van der Waals surface area contributed by atoms with Crippen molar-refractivity contribution in [2.45, 2.75) is 25.8 Å². The van der Waals surface area contributed by atoms with Crippen molar-refractivity contribution in [3.8, 4) is 17.0 Å². The number of aryl methyl sites for hydroxylation is 1. The second-order valence-corrected chi connectivity index (χ2v) is 6.60. The van der Waals surface area contributed by atoms with Gasteiger partial charge < -0.3 is 15.3 Å². The lowest BCUT2D eigenvalue weighted by Crippen LogP contribution is -2.39. The summed E-state index contributed by atoms with van der Waals surface area (Å²) in [5.74, 6) is 0.893. The van der Waals surface area contributed by atoms with Gasteiger partial charge in [0.05, 0.1) is 5.69 Å². The van der Waals surface area contributed by atoms with Gasteiger partial charge in [-0.15, -0.1) is 10.2 Å². The van der Waals surface area contributed by atoms with Crippen molar-refractivity contribution >= 4 is 17.4 Å². The number of anilines is 1. The number of likely N-dealkylation sites (N-methyl/N-ethyl adjacent to an activating group) is 1. The van der Waals surface area contributed by atoms with E-state index in [1.807, 2.05) is 13.0 Å². The minimum atomic E-state index is 0.115. The number of piperidine rings is 1. The second-order valence-electron chi connectivity index (χ2n) is 6.17. The lowest BCUT2D eigenvalue weighted by Gasteiger charge is -2.30. The maximum atomic E-state index is 10.1. The first-order valence-corrected chi connectivity index (χ1v) is 8.19. The number of phenolic OH excluding ortho intramolecular Hbond substituents is 1. The molecule has 0 amide bonds. The van der Waals surface area contributed by atoms with Crippen molar-refractivity contribution < 1.29 is 5.11 Å². The highest BCUT2D eigenvalue weighted by Crippen LogP contribution is 2.32. The molecule has 0 spiro atoms. The highest BCUT2D eigenvalue weighted by molar-refractivity contribution is 6.30. The van der Waals surface area contributed by atoms with Crippen molar-refractivity contribution in [1.82, 2.24) is 15.1 Å². The van der Waals surface area contributed by atoms with Crippen LogP contribution in [0.4, 0.5) is 5.82 Å². The SMILES string of the molecule is Cc1cc(NC2CCCN(C)C2)nnc1-c1ccc(Cl)cc1O. The van der Waals surface area contributed by atoms with E-state index >= 15 is 0 Å². The number of aromatic nitrogens is 2. The largest absolute Gasteiger partial charge is 0.507 e. The Bertz CT molecular complexity index is 707. The normalized spacial score (nSPS) is 18.8. The van der Waals surface area contributed by atoms with E-state index in [4.69, 9.17) is 11.6 Å². The number of likely N-dealkylation sites (tertiary alicyclic amines) is 1. The van der Waals surface area contributed by atoms with E-state index in [0.717, 1.165) is 30.9 Å². The molecule has 1 atom stereocenters. The van der Waals surface area contributed by atoms with Crippen LogP contribution in [0.5, 0.6) is 5.75 Å². The van der Waals surface area contributed by atoms with Crippen molar-refractivity contribution in [3.05, 3.63) is 34.9 Å². The Morgan fingerprint density at radius 2 is 2.13 bits per heavy atom. The molecule has 1 aliphatic rings. The van der Waals surface area contributed by atoms with Crippen LogP contribution in [0.1, 0.15) is 18.4 Å². The van der Waals surface area contributed by atoms with E-state index in [1.54, 1.807) is 12.1 Å². The zero-order valence-corrected chi connectivity index (χ0v) is 14.1. The molecule has 1 fully saturated rings. The van der Waals surface area contributed by atoms with E-state index in [0.29, 0.717) is 22.3 Å². The fraction of sp³-hybridized carbons (Fsp3) is 0.412. The first kappa shape index (κ1) is 16.0. The van der Waals surface area contributed by atoms with E-state index in [-0.39, 0.29) is 5.75 Å². The predicted molar refractivity (Wildman–Crippen MR) is 93.0 cm³/mol. The van der Waals surface area contributed by atoms with Crippen LogP contribution in [0.15, 0.2) is 24.3 Å². The molecular weight excluding hydrogens is 312 g/mol. The molecule has 0 saturated carbocycles. The van der Waals surface area contributed by atoms with Gasteiger partial charge in [-0.1, -0.05) is 11.6 Å². The zero-order valence-electron chi connectivity index (χ0n) is 13.4. The third kappa shape index (κ3) is 3.74. The number of hydrogen-bond donors (Lipinski definition) is 2. The van der Waals surface area contributed by atoms with E-state index in [9.17, 15) is 5.11 Å². The van der Waals surface area contributed by atoms with Crippen molar-refractivity contribution in [3.63, 3.8) is 0 Å². The van der Waals surface area contributed by atoms with Crippen molar-refractivity contribution in [2.75, 3.05) is 25.5 Å². The lowest BCUT2D eigenvalue weighted by atomic mass is 10.1. The summed E-state index contributed by atoms with van der Waals surface area (Å²) in [5.41, 5.74) is 2.28. The molecule has 6 heteroatoms. The number of benzene rings is 1. The summed E-state index contributed by atoms with van der Waals surface area (Å²) in [7, 11) is 2.14. The van der Waals surface area contributed by atoms with E-state index < -0.39 is 0 Å². The molecule has 1 aliphatic heterocycles. The Morgan fingerprint density at radius 3 is 2.83 bits per heavy atom. The van der Waals surface area contributed by atoms with Crippen LogP contribution in [-0.2, 0) is 0 Å². The van der Waals surface area contributed by atoms with E-state index in [2.05, 4.69) is 27.5 Å². The molecule has 5 nitrogen and oxygen atoms in total. The van der Waals surface area contributed by atoms with Crippen LogP contribution < -0.4 is 5.32 Å². The second kappa shape index (κ2) is 6.72. The standard InChI is InChI=1S/C17H21ClN4O/c1-11-8-16(19-13-4-3-7-22(2)10-13)20-21-17(11)14-6-5-12(18)9-15(14)23/h5-6,8-9,13,23H,3-4,7,10H2,1-2H3,(H,19,20). The Morgan fingerprint density at radius 1 is 1.30 bits per heavy atom. The van der Waals surface area contributed by atoms with Gasteiger partial charge in [-0.2, -0.15) is 0 Å². The summed E-state index contributed by atoms with van der Waals surface area (Å²) in [5, 5.41) is 22.6. The molecule has 0 aliphatic carbocycles. The van der Waals surface area contributed by atoms with Gasteiger partial charge in [0.15, 0.2) is 0 Å². The highest BCUT2D eigenvalue weighted by atomic mass is 35.5. The molecule has 2 heterocycles. The first-order valence-electron chi connectivity index (χ1n) is 7.81. The Kier molecular flexibility index (Phi) is 4.68. The number of rotatable bonds is 3. The maximum absolute atomic E-state index is 10.1. The predicted octanol–water partition coefficient (Wildman–Crippen LogP) is 3.32. The van der Waals surface area contributed by atoms with Crippen molar-refractivity contribution in [2.24, 2.45) is 0 Å². The lowest BCUT2D eigenvalue weighted by molar-refractivity contribution is 0.260. The van der Waals surface area contributed by atoms with Gasteiger partial charge in [-0.05, 0) is 63.2 Å². The minimum absolute atomic E-state index is 0.115. The quantitative estimate of drug-likeness (QED) is 0.903. The molecule has 1 unspecified atom stereocenters. The highest BCUT2D eigenvalue weighted by Gasteiger charge is 2.18. The zero-order chi connectivity index (χ0) is 16.4.